The zero-order chi connectivity index (χ0) is 15.5. The van der Waals surface area contributed by atoms with Crippen LogP contribution in [-0.2, 0) is 0 Å². The maximum atomic E-state index is 9.56. The highest BCUT2D eigenvalue weighted by atomic mass is 16.3. The summed E-state index contributed by atoms with van der Waals surface area (Å²) in [6.07, 6.45) is 5.11. The lowest BCUT2D eigenvalue weighted by Crippen LogP contribution is -2.21. The molecule has 1 fully saturated rings. The molecule has 3 rings (SSSR count). The maximum absolute atomic E-state index is 9.56. The topological polar surface area (TPSA) is 40.5 Å². The number of phenols is 2. The number of rotatable bonds is 3. The number of benzene rings is 2. The molecule has 0 aliphatic heterocycles. The molecule has 0 saturated heterocycles. The van der Waals surface area contributed by atoms with E-state index in [0.717, 1.165) is 5.92 Å². The second-order valence-corrected chi connectivity index (χ2v) is 6.69. The maximum Gasteiger partial charge on any atom is 0.115 e. The van der Waals surface area contributed by atoms with Crippen LogP contribution in [0.2, 0.25) is 0 Å². The quantitative estimate of drug-likeness (QED) is 0.831. The van der Waals surface area contributed by atoms with E-state index in [9.17, 15) is 10.2 Å². The smallest absolute Gasteiger partial charge is 0.115 e. The average molecular weight is 296 g/mol. The molecule has 0 heterocycles. The van der Waals surface area contributed by atoms with Crippen LogP contribution in [0.25, 0.3) is 0 Å². The molecule has 1 unspecified atom stereocenters. The standard InChI is InChI=1S/C20H24O2/c1-14-3-2-4-17(13-14)20(15-5-9-18(21)10-6-15)16-7-11-19(22)12-8-16/h5-12,14,17,20-22H,2-4,13H2,1H3/t14-,17?/m1/s1. The van der Waals surface area contributed by atoms with Crippen LogP contribution in [0, 0.1) is 11.8 Å². The summed E-state index contributed by atoms with van der Waals surface area (Å²) in [7, 11) is 0. The van der Waals surface area contributed by atoms with E-state index in [4.69, 9.17) is 0 Å². The first-order valence-corrected chi connectivity index (χ1v) is 8.21. The molecule has 1 aliphatic rings. The Morgan fingerprint density at radius 2 is 1.32 bits per heavy atom. The van der Waals surface area contributed by atoms with Crippen molar-refractivity contribution in [2.24, 2.45) is 11.8 Å². The summed E-state index contributed by atoms with van der Waals surface area (Å²) in [5, 5.41) is 19.1. The van der Waals surface area contributed by atoms with Crippen LogP contribution in [0.15, 0.2) is 48.5 Å². The van der Waals surface area contributed by atoms with E-state index in [2.05, 4.69) is 6.92 Å². The molecule has 116 valence electrons. The van der Waals surface area contributed by atoms with Gasteiger partial charge in [0.25, 0.3) is 0 Å². The summed E-state index contributed by atoms with van der Waals surface area (Å²) < 4.78 is 0. The minimum atomic E-state index is 0.310. The molecule has 0 bridgehead atoms. The third-order valence-electron chi connectivity index (χ3n) is 4.95. The van der Waals surface area contributed by atoms with Crippen LogP contribution < -0.4 is 0 Å². The van der Waals surface area contributed by atoms with E-state index in [1.54, 1.807) is 24.3 Å². The fourth-order valence-electron chi connectivity index (χ4n) is 3.88. The fraction of sp³-hybridized carbons (Fsp3) is 0.400. The van der Waals surface area contributed by atoms with Gasteiger partial charge in [-0.25, -0.2) is 0 Å². The Morgan fingerprint density at radius 1 is 0.818 bits per heavy atom. The summed E-state index contributed by atoms with van der Waals surface area (Å²) in [6.45, 7) is 2.34. The Bertz CT molecular complexity index is 555. The second-order valence-electron chi connectivity index (χ2n) is 6.69. The predicted octanol–water partition coefficient (Wildman–Crippen LogP) is 5.06. The van der Waals surface area contributed by atoms with Gasteiger partial charge in [-0.2, -0.15) is 0 Å². The molecule has 2 N–H and O–H groups in total. The Kier molecular flexibility index (Phi) is 4.37. The van der Waals surface area contributed by atoms with Gasteiger partial charge in [0.2, 0.25) is 0 Å². The minimum absolute atomic E-state index is 0.310. The van der Waals surface area contributed by atoms with Crippen LogP contribution in [0.3, 0.4) is 0 Å². The van der Waals surface area contributed by atoms with Crippen molar-refractivity contribution in [3.05, 3.63) is 59.7 Å². The molecule has 2 atom stereocenters. The summed E-state index contributed by atoms with van der Waals surface area (Å²) in [4.78, 5) is 0. The first kappa shape index (κ1) is 15.0. The van der Waals surface area contributed by atoms with Gasteiger partial charge in [-0.3, -0.25) is 0 Å². The molecule has 2 aromatic carbocycles. The van der Waals surface area contributed by atoms with E-state index in [-0.39, 0.29) is 0 Å². The first-order valence-electron chi connectivity index (χ1n) is 8.21. The lowest BCUT2D eigenvalue weighted by molar-refractivity contribution is 0.261. The van der Waals surface area contributed by atoms with E-state index >= 15 is 0 Å². The van der Waals surface area contributed by atoms with Crippen LogP contribution >= 0.6 is 0 Å². The van der Waals surface area contributed by atoms with Gasteiger partial charge in [0.1, 0.15) is 11.5 Å². The average Bonchev–Trinajstić information content (AvgIpc) is 2.51. The monoisotopic (exact) mass is 296 g/mol. The van der Waals surface area contributed by atoms with Crippen molar-refractivity contribution in [3.8, 4) is 11.5 Å². The first-order chi connectivity index (χ1) is 10.6. The van der Waals surface area contributed by atoms with E-state index < -0.39 is 0 Å². The molecular formula is C20H24O2. The molecule has 1 saturated carbocycles. The van der Waals surface area contributed by atoms with Crippen molar-refractivity contribution in [3.63, 3.8) is 0 Å². The third-order valence-corrected chi connectivity index (χ3v) is 4.95. The molecule has 22 heavy (non-hydrogen) atoms. The Balaban J connectivity index is 1.97. The summed E-state index contributed by atoms with van der Waals surface area (Å²) in [5.74, 6) is 2.35. The van der Waals surface area contributed by atoms with Gasteiger partial charge in [-0.1, -0.05) is 44.0 Å². The van der Waals surface area contributed by atoms with Crippen LogP contribution in [0.1, 0.15) is 49.7 Å². The lowest BCUT2D eigenvalue weighted by atomic mass is 9.71. The van der Waals surface area contributed by atoms with Gasteiger partial charge >= 0.3 is 0 Å². The van der Waals surface area contributed by atoms with Crippen molar-refractivity contribution in [1.82, 2.24) is 0 Å². The summed E-state index contributed by atoms with van der Waals surface area (Å²) >= 11 is 0. The third kappa shape index (κ3) is 3.27. The SMILES string of the molecule is C[C@@H]1CCCC(C(c2ccc(O)cc2)c2ccc(O)cc2)C1. The lowest BCUT2D eigenvalue weighted by Gasteiger charge is -2.34. The zero-order valence-corrected chi connectivity index (χ0v) is 13.1. The molecule has 0 aromatic heterocycles. The van der Waals surface area contributed by atoms with Crippen molar-refractivity contribution in [2.75, 3.05) is 0 Å². The van der Waals surface area contributed by atoms with E-state index in [0.29, 0.717) is 23.3 Å². The number of phenolic OH excluding ortho intramolecular Hbond substituents is 2. The number of hydrogen-bond donors (Lipinski definition) is 2. The highest BCUT2D eigenvalue weighted by Gasteiger charge is 2.29. The van der Waals surface area contributed by atoms with Crippen molar-refractivity contribution in [1.29, 1.82) is 0 Å². The van der Waals surface area contributed by atoms with Crippen molar-refractivity contribution in [2.45, 2.75) is 38.5 Å². The van der Waals surface area contributed by atoms with Crippen LogP contribution in [-0.4, -0.2) is 10.2 Å². The summed E-state index contributed by atoms with van der Waals surface area (Å²) in [6, 6.07) is 15.2. The predicted molar refractivity (Wildman–Crippen MR) is 89.2 cm³/mol. The van der Waals surface area contributed by atoms with Gasteiger partial charge in [-0.05, 0) is 60.1 Å². The second kappa shape index (κ2) is 6.43. The normalized spacial score (nSPS) is 21.9. The van der Waals surface area contributed by atoms with Crippen molar-refractivity contribution >= 4 is 0 Å². The highest BCUT2D eigenvalue weighted by Crippen LogP contribution is 2.42. The zero-order valence-electron chi connectivity index (χ0n) is 13.1. The molecular weight excluding hydrogens is 272 g/mol. The molecule has 2 heteroatoms. The van der Waals surface area contributed by atoms with Gasteiger partial charge in [0.05, 0.1) is 0 Å². The van der Waals surface area contributed by atoms with Crippen LogP contribution in [0.5, 0.6) is 11.5 Å². The highest BCUT2D eigenvalue weighted by molar-refractivity contribution is 5.38. The van der Waals surface area contributed by atoms with Crippen LogP contribution in [0.4, 0.5) is 0 Å². The summed E-state index contributed by atoms with van der Waals surface area (Å²) in [5.41, 5.74) is 2.50. The fourth-order valence-corrected chi connectivity index (χ4v) is 3.88. The Morgan fingerprint density at radius 3 is 1.77 bits per heavy atom. The Hall–Kier alpha value is -1.96. The molecule has 2 aromatic rings. The van der Waals surface area contributed by atoms with Gasteiger partial charge in [-0.15, -0.1) is 0 Å². The van der Waals surface area contributed by atoms with E-state index in [1.807, 2.05) is 24.3 Å². The van der Waals surface area contributed by atoms with E-state index in [1.165, 1.54) is 36.8 Å². The molecule has 2 nitrogen and oxygen atoms in total. The molecule has 0 amide bonds. The Labute approximate surface area is 132 Å². The molecule has 0 spiro atoms. The van der Waals surface area contributed by atoms with Crippen molar-refractivity contribution < 1.29 is 10.2 Å². The van der Waals surface area contributed by atoms with Gasteiger partial charge < -0.3 is 10.2 Å². The molecule has 1 aliphatic carbocycles. The number of aromatic hydroxyl groups is 2. The van der Waals surface area contributed by atoms with Gasteiger partial charge in [0.15, 0.2) is 0 Å². The van der Waals surface area contributed by atoms with Gasteiger partial charge in [0, 0.05) is 5.92 Å². The largest absolute Gasteiger partial charge is 0.508 e. The number of hydrogen-bond acceptors (Lipinski definition) is 2. The molecule has 0 radical (unpaired) electrons. The minimum Gasteiger partial charge on any atom is -0.508 e.